The molecule has 0 bridgehead atoms. The number of aryl methyl sites for hydroxylation is 1. The standard InChI is InChI=1S/C26H19ClN4O3/c1-15-21(16(2)31(29-15)23-12-5-8-17-7-3-4-11-20(17)23)14-22-24(32)28-26(34)30(25(22)33)19-10-6-9-18(27)13-19/h3-14H,1-2H3,(H,28,32,34)/b22-14-. The van der Waals surface area contributed by atoms with Crippen molar-refractivity contribution in [1.82, 2.24) is 15.1 Å². The summed E-state index contributed by atoms with van der Waals surface area (Å²) < 4.78 is 1.80. The summed E-state index contributed by atoms with van der Waals surface area (Å²) in [4.78, 5) is 39.2. The summed E-state index contributed by atoms with van der Waals surface area (Å²) in [6, 6.07) is 19.4. The number of imide groups is 2. The second kappa shape index (κ2) is 8.28. The molecule has 1 aliphatic heterocycles. The lowest BCUT2D eigenvalue weighted by Gasteiger charge is -2.26. The molecule has 5 rings (SSSR count). The van der Waals surface area contributed by atoms with Gasteiger partial charge in [-0.15, -0.1) is 0 Å². The summed E-state index contributed by atoms with van der Waals surface area (Å²) in [5.74, 6) is -1.49. The molecule has 1 aromatic heterocycles. The average molecular weight is 471 g/mol. The van der Waals surface area contributed by atoms with Crippen LogP contribution in [0, 0.1) is 13.8 Å². The first-order chi connectivity index (χ1) is 16.3. The average Bonchev–Trinajstić information content (AvgIpc) is 3.09. The van der Waals surface area contributed by atoms with Gasteiger partial charge in [0.1, 0.15) is 5.57 Å². The van der Waals surface area contributed by atoms with Crippen molar-refractivity contribution in [2.75, 3.05) is 4.90 Å². The molecule has 1 saturated heterocycles. The number of barbiturate groups is 1. The molecule has 0 radical (unpaired) electrons. The molecule has 34 heavy (non-hydrogen) atoms. The Bertz CT molecular complexity index is 1530. The molecule has 1 aliphatic rings. The quantitative estimate of drug-likeness (QED) is 0.338. The highest BCUT2D eigenvalue weighted by Gasteiger charge is 2.37. The summed E-state index contributed by atoms with van der Waals surface area (Å²) in [5.41, 5.74) is 3.03. The van der Waals surface area contributed by atoms with Gasteiger partial charge in [0, 0.05) is 21.7 Å². The second-order valence-corrected chi connectivity index (χ2v) is 8.37. The first-order valence-corrected chi connectivity index (χ1v) is 10.9. The predicted octanol–water partition coefficient (Wildman–Crippen LogP) is 4.96. The third-order valence-electron chi connectivity index (χ3n) is 5.80. The molecule has 0 unspecified atom stereocenters. The summed E-state index contributed by atoms with van der Waals surface area (Å²) in [7, 11) is 0. The number of nitrogens with one attached hydrogen (secondary N) is 1. The number of amides is 4. The number of halogens is 1. The van der Waals surface area contributed by atoms with Crippen molar-refractivity contribution in [3.8, 4) is 5.69 Å². The Morgan fingerprint density at radius 2 is 1.68 bits per heavy atom. The van der Waals surface area contributed by atoms with E-state index in [0.29, 0.717) is 16.3 Å². The number of anilines is 1. The third kappa shape index (κ3) is 3.56. The number of aromatic nitrogens is 2. The maximum atomic E-state index is 13.2. The van der Waals surface area contributed by atoms with E-state index in [2.05, 4.69) is 10.4 Å². The first-order valence-electron chi connectivity index (χ1n) is 10.6. The number of carbonyl (C=O) groups is 3. The van der Waals surface area contributed by atoms with Crippen LogP contribution in [0.1, 0.15) is 17.0 Å². The fraction of sp³-hybridized carbons (Fsp3) is 0.0769. The number of nitrogens with zero attached hydrogens (tertiary/aromatic N) is 3. The minimum absolute atomic E-state index is 0.164. The maximum Gasteiger partial charge on any atom is 0.335 e. The number of rotatable bonds is 3. The minimum atomic E-state index is -0.825. The van der Waals surface area contributed by atoms with Crippen molar-refractivity contribution >= 4 is 52.0 Å². The summed E-state index contributed by atoms with van der Waals surface area (Å²) >= 11 is 6.04. The second-order valence-electron chi connectivity index (χ2n) is 7.93. The van der Waals surface area contributed by atoms with Gasteiger partial charge in [-0.2, -0.15) is 5.10 Å². The van der Waals surface area contributed by atoms with E-state index in [-0.39, 0.29) is 11.3 Å². The Kier molecular flexibility index (Phi) is 5.26. The SMILES string of the molecule is Cc1nn(-c2cccc3ccccc23)c(C)c1/C=C1/C(=O)NC(=O)N(c2cccc(Cl)c2)C1=O. The van der Waals surface area contributed by atoms with Gasteiger partial charge in [0.15, 0.2) is 0 Å². The van der Waals surface area contributed by atoms with E-state index in [1.54, 1.807) is 22.9 Å². The smallest absolute Gasteiger partial charge is 0.273 e. The Hall–Kier alpha value is -4.23. The van der Waals surface area contributed by atoms with Crippen LogP contribution in [0.2, 0.25) is 5.02 Å². The van der Waals surface area contributed by atoms with Crippen LogP contribution >= 0.6 is 11.6 Å². The minimum Gasteiger partial charge on any atom is -0.273 e. The van der Waals surface area contributed by atoms with Gasteiger partial charge >= 0.3 is 6.03 Å². The van der Waals surface area contributed by atoms with Gasteiger partial charge in [0.2, 0.25) is 0 Å². The fourth-order valence-electron chi connectivity index (χ4n) is 4.14. The van der Waals surface area contributed by atoms with E-state index in [9.17, 15) is 14.4 Å². The molecular formula is C26H19ClN4O3. The van der Waals surface area contributed by atoms with Crippen molar-refractivity contribution in [3.63, 3.8) is 0 Å². The normalized spacial score (nSPS) is 15.3. The highest BCUT2D eigenvalue weighted by molar-refractivity contribution is 6.39. The van der Waals surface area contributed by atoms with Crippen LogP contribution in [0.25, 0.3) is 22.5 Å². The van der Waals surface area contributed by atoms with Crippen LogP contribution in [-0.2, 0) is 9.59 Å². The van der Waals surface area contributed by atoms with Gasteiger partial charge in [-0.1, -0.05) is 54.1 Å². The molecule has 4 aromatic rings. The summed E-state index contributed by atoms with van der Waals surface area (Å²) in [6.45, 7) is 3.69. The van der Waals surface area contributed by atoms with E-state index in [4.69, 9.17) is 11.6 Å². The molecule has 8 heteroatoms. The van der Waals surface area contributed by atoms with Crippen molar-refractivity contribution in [1.29, 1.82) is 0 Å². The van der Waals surface area contributed by atoms with Gasteiger partial charge in [0.25, 0.3) is 11.8 Å². The lowest BCUT2D eigenvalue weighted by Crippen LogP contribution is -2.54. The largest absolute Gasteiger partial charge is 0.335 e. The topological polar surface area (TPSA) is 84.3 Å². The number of urea groups is 1. The molecule has 0 saturated carbocycles. The molecule has 1 N–H and O–H groups in total. The molecule has 3 aromatic carbocycles. The predicted molar refractivity (Wildman–Crippen MR) is 131 cm³/mol. The molecule has 168 valence electrons. The van der Waals surface area contributed by atoms with Gasteiger partial charge < -0.3 is 0 Å². The van der Waals surface area contributed by atoms with Crippen LogP contribution in [0.4, 0.5) is 10.5 Å². The van der Waals surface area contributed by atoms with E-state index < -0.39 is 17.8 Å². The van der Waals surface area contributed by atoms with Crippen LogP contribution in [0.3, 0.4) is 0 Å². The van der Waals surface area contributed by atoms with Crippen LogP contribution in [-0.4, -0.2) is 27.6 Å². The van der Waals surface area contributed by atoms with Gasteiger partial charge in [-0.25, -0.2) is 14.4 Å². The van der Waals surface area contributed by atoms with Crippen molar-refractivity contribution in [2.45, 2.75) is 13.8 Å². The summed E-state index contributed by atoms with van der Waals surface area (Å²) in [6.07, 6.45) is 1.49. The van der Waals surface area contributed by atoms with Gasteiger partial charge in [-0.05, 0) is 49.6 Å². The van der Waals surface area contributed by atoms with Crippen LogP contribution in [0.15, 0.2) is 72.3 Å². The van der Waals surface area contributed by atoms with E-state index in [1.165, 1.54) is 12.1 Å². The lowest BCUT2D eigenvalue weighted by molar-refractivity contribution is -0.122. The molecule has 0 aliphatic carbocycles. The highest BCUT2D eigenvalue weighted by Crippen LogP contribution is 2.28. The zero-order valence-electron chi connectivity index (χ0n) is 18.4. The molecule has 4 amide bonds. The van der Waals surface area contributed by atoms with E-state index in [1.807, 2.05) is 56.3 Å². The Balaban J connectivity index is 1.61. The molecular weight excluding hydrogens is 452 g/mol. The first kappa shape index (κ1) is 21.6. The Morgan fingerprint density at radius 1 is 0.941 bits per heavy atom. The molecule has 2 heterocycles. The van der Waals surface area contributed by atoms with Crippen molar-refractivity contribution < 1.29 is 14.4 Å². The number of hydrogen-bond acceptors (Lipinski definition) is 4. The molecule has 0 atom stereocenters. The summed E-state index contributed by atoms with van der Waals surface area (Å²) in [5, 5.41) is 9.38. The Labute approximate surface area is 200 Å². The molecule has 0 spiro atoms. The fourth-order valence-corrected chi connectivity index (χ4v) is 4.33. The van der Waals surface area contributed by atoms with Crippen LogP contribution < -0.4 is 10.2 Å². The van der Waals surface area contributed by atoms with Gasteiger partial charge in [0.05, 0.1) is 17.1 Å². The maximum absolute atomic E-state index is 13.2. The van der Waals surface area contributed by atoms with E-state index in [0.717, 1.165) is 27.1 Å². The number of fused-ring (bicyclic) bond motifs is 1. The van der Waals surface area contributed by atoms with Gasteiger partial charge in [-0.3, -0.25) is 14.9 Å². The van der Waals surface area contributed by atoms with Crippen LogP contribution in [0.5, 0.6) is 0 Å². The zero-order chi connectivity index (χ0) is 24.0. The highest BCUT2D eigenvalue weighted by atomic mass is 35.5. The number of hydrogen-bond donors (Lipinski definition) is 1. The molecule has 1 fully saturated rings. The lowest BCUT2D eigenvalue weighted by atomic mass is 10.1. The monoisotopic (exact) mass is 470 g/mol. The van der Waals surface area contributed by atoms with E-state index >= 15 is 0 Å². The molecule has 7 nitrogen and oxygen atoms in total. The Morgan fingerprint density at radius 3 is 2.47 bits per heavy atom. The van der Waals surface area contributed by atoms with Crippen molar-refractivity contribution in [3.05, 3.63) is 94.3 Å². The third-order valence-corrected chi connectivity index (χ3v) is 6.03. The van der Waals surface area contributed by atoms with Crippen molar-refractivity contribution in [2.24, 2.45) is 0 Å². The number of carbonyl (C=O) groups excluding carboxylic acids is 3. The zero-order valence-corrected chi connectivity index (χ0v) is 19.1. The number of benzene rings is 3.